The molecule has 1 aromatic carbocycles. The predicted molar refractivity (Wildman–Crippen MR) is 87.3 cm³/mol. The van der Waals surface area contributed by atoms with Gasteiger partial charge in [-0.25, -0.2) is 0 Å². The number of hydrogen-bond donors (Lipinski definition) is 1. The lowest BCUT2D eigenvalue weighted by molar-refractivity contribution is 0.103. The standard InChI is InChI=1S/C17H27ClN2/c1-5-15-9-19-17(12(2)3)11-20(15)10-14-7-6-13(4)8-16(14)18/h6-8,12,15,17,19H,5,9-11H2,1-4H3. The third-order valence-electron chi connectivity index (χ3n) is 4.42. The zero-order valence-electron chi connectivity index (χ0n) is 13.1. The number of halogens is 1. The van der Waals surface area contributed by atoms with Gasteiger partial charge in [-0.15, -0.1) is 0 Å². The number of hydrogen-bond acceptors (Lipinski definition) is 2. The smallest absolute Gasteiger partial charge is 0.0453 e. The van der Waals surface area contributed by atoms with Crippen molar-refractivity contribution in [2.24, 2.45) is 5.92 Å². The number of nitrogens with zero attached hydrogens (tertiary/aromatic N) is 1. The third-order valence-corrected chi connectivity index (χ3v) is 4.77. The van der Waals surface area contributed by atoms with Crippen LogP contribution in [0.1, 0.15) is 38.3 Å². The largest absolute Gasteiger partial charge is 0.311 e. The quantitative estimate of drug-likeness (QED) is 0.907. The van der Waals surface area contributed by atoms with Crippen LogP contribution in [0.25, 0.3) is 0 Å². The van der Waals surface area contributed by atoms with E-state index in [1.54, 1.807) is 0 Å². The van der Waals surface area contributed by atoms with Crippen LogP contribution in [0.4, 0.5) is 0 Å². The second-order valence-electron chi connectivity index (χ2n) is 6.35. The molecule has 1 heterocycles. The fraction of sp³-hybridized carbons (Fsp3) is 0.647. The van der Waals surface area contributed by atoms with Crippen LogP contribution in [0.5, 0.6) is 0 Å². The first kappa shape index (κ1) is 15.8. The van der Waals surface area contributed by atoms with Gasteiger partial charge in [0.05, 0.1) is 0 Å². The highest BCUT2D eigenvalue weighted by Crippen LogP contribution is 2.23. The van der Waals surface area contributed by atoms with Crippen molar-refractivity contribution in [1.29, 1.82) is 0 Å². The minimum atomic E-state index is 0.585. The normalized spacial score (nSPS) is 24.3. The molecule has 1 aliphatic rings. The van der Waals surface area contributed by atoms with E-state index in [1.807, 2.05) is 0 Å². The lowest BCUT2D eigenvalue weighted by Crippen LogP contribution is -2.57. The molecule has 112 valence electrons. The number of aryl methyl sites for hydroxylation is 1. The van der Waals surface area contributed by atoms with Crippen molar-refractivity contribution in [3.05, 3.63) is 34.3 Å². The average molecular weight is 295 g/mol. The van der Waals surface area contributed by atoms with Crippen LogP contribution in [-0.4, -0.2) is 30.1 Å². The Kier molecular flexibility index (Phi) is 5.48. The lowest BCUT2D eigenvalue weighted by atomic mass is 9.97. The number of piperazine rings is 1. The van der Waals surface area contributed by atoms with Crippen LogP contribution < -0.4 is 5.32 Å². The number of nitrogens with one attached hydrogen (secondary N) is 1. The molecule has 2 nitrogen and oxygen atoms in total. The Bertz CT molecular complexity index is 445. The molecule has 3 heteroatoms. The highest BCUT2D eigenvalue weighted by Gasteiger charge is 2.28. The van der Waals surface area contributed by atoms with E-state index in [1.165, 1.54) is 17.5 Å². The Morgan fingerprint density at radius 1 is 1.40 bits per heavy atom. The molecule has 0 aliphatic carbocycles. The van der Waals surface area contributed by atoms with E-state index in [2.05, 4.69) is 56.1 Å². The number of rotatable bonds is 4. The van der Waals surface area contributed by atoms with Gasteiger partial charge in [0.25, 0.3) is 0 Å². The van der Waals surface area contributed by atoms with Gasteiger partial charge in [0.2, 0.25) is 0 Å². The molecule has 1 fully saturated rings. The maximum absolute atomic E-state index is 6.40. The van der Waals surface area contributed by atoms with Crippen molar-refractivity contribution >= 4 is 11.6 Å². The molecule has 1 N–H and O–H groups in total. The zero-order chi connectivity index (χ0) is 14.7. The van der Waals surface area contributed by atoms with Crippen LogP contribution in [0, 0.1) is 12.8 Å². The van der Waals surface area contributed by atoms with Crippen LogP contribution in [0.3, 0.4) is 0 Å². The van der Waals surface area contributed by atoms with Crippen molar-refractivity contribution in [3.63, 3.8) is 0 Å². The summed E-state index contributed by atoms with van der Waals surface area (Å²) in [7, 11) is 0. The van der Waals surface area contributed by atoms with Gasteiger partial charge in [-0.05, 0) is 36.5 Å². The highest BCUT2D eigenvalue weighted by atomic mass is 35.5. The summed E-state index contributed by atoms with van der Waals surface area (Å²) in [5, 5.41) is 4.59. The molecule has 20 heavy (non-hydrogen) atoms. The summed E-state index contributed by atoms with van der Waals surface area (Å²) in [4.78, 5) is 2.59. The first-order chi connectivity index (χ1) is 9.51. The second kappa shape index (κ2) is 6.93. The fourth-order valence-corrected chi connectivity index (χ4v) is 3.22. The summed E-state index contributed by atoms with van der Waals surface area (Å²) >= 11 is 6.40. The minimum absolute atomic E-state index is 0.585. The predicted octanol–water partition coefficient (Wildman–Crippen LogP) is 3.86. The van der Waals surface area contributed by atoms with Crippen molar-refractivity contribution in [3.8, 4) is 0 Å². The van der Waals surface area contributed by atoms with E-state index in [0.29, 0.717) is 18.0 Å². The molecule has 0 bridgehead atoms. The maximum atomic E-state index is 6.40. The van der Waals surface area contributed by atoms with E-state index in [0.717, 1.165) is 24.7 Å². The molecule has 2 unspecified atom stereocenters. The topological polar surface area (TPSA) is 15.3 Å². The summed E-state index contributed by atoms with van der Waals surface area (Å²) < 4.78 is 0. The molecular weight excluding hydrogens is 268 g/mol. The van der Waals surface area contributed by atoms with Gasteiger partial charge in [0.1, 0.15) is 0 Å². The molecular formula is C17H27ClN2. The highest BCUT2D eigenvalue weighted by molar-refractivity contribution is 6.31. The van der Waals surface area contributed by atoms with Crippen LogP contribution >= 0.6 is 11.6 Å². The Morgan fingerprint density at radius 3 is 2.75 bits per heavy atom. The third kappa shape index (κ3) is 3.75. The van der Waals surface area contributed by atoms with Gasteiger partial charge >= 0.3 is 0 Å². The van der Waals surface area contributed by atoms with E-state index in [9.17, 15) is 0 Å². The summed E-state index contributed by atoms with van der Waals surface area (Å²) in [6.07, 6.45) is 1.18. The Balaban J connectivity index is 2.11. The molecule has 2 atom stereocenters. The molecule has 0 radical (unpaired) electrons. The second-order valence-corrected chi connectivity index (χ2v) is 6.75. The monoisotopic (exact) mass is 294 g/mol. The first-order valence-electron chi connectivity index (χ1n) is 7.73. The molecule has 1 aliphatic heterocycles. The van der Waals surface area contributed by atoms with E-state index >= 15 is 0 Å². The molecule has 0 amide bonds. The minimum Gasteiger partial charge on any atom is -0.311 e. The Morgan fingerprint density at radius 2 is 2.15 bits per heavy atom. The molecule has 1 saturated heterocycles. The summed E-state index contributed by atoms with van der Waals surface area (Å²) in [5.74, 6) is 0.670. The summed E-state index contributed by atoms with van der Waals surface area (Å²) in [6.45, 7) is 12.1. The van der Waals surface area contributed by atoms with Gasteiger partial charge in [0, 0.05) is 36.7 Å². The van der Waals surface area contributed by atoms with Gasteiger partial charge < -0.3 is 5.32 Å². The van der Waals surface area contributed by atoms with E-state index in [4.69, 9.17) is 11.6 Å². The molecule has 2 rings (SSSR count). The number of benzene rings is 1. The molecule has 0 saturated carbocycles. The summed E-state index contributed by atoms with van der Waals surface area (Å²) in [5.41, 5.74) is 2.48. The molecule has 0 spiro atoms. The van der Waals surface area contributed by atoms with Crippen LogP contribution in [-0.2, 0) is 6.54 Å². The zero-order valence-corrected chi connectivity index (χ0v) is 13.9. The maximum Gasteiger partial charge on any atom is 0.0453 e. The summed E-state index contributed by atoms with van der Waals surface area (Å²) in [6, 6.07) is 7.60. The Labute approximate surface area is 128 Å². The van der Waals surface area contributed by atoms with Crippen molar-refractivity contribution in [2.75, 3.05) is 13.1 Å². The van der Waals surface area contributed by atoms with E-state index < -0.39 is 0 Å². The van der Waals surface area contributed by atoms with Gasteiger partial charge in [-0.1, -0.05) is 44.5 Å². The molecule has 0 aromatic heterocycles. The average Bonchev–Trinajstić information content (AvgIpc) is 2.41. The van der Waals surface area contributed by atoms with Crippen LogP contribution in [0.2, 0.25) is 5.02 Å². The SMILES string of the molecule is CCC1CNC(C(C)C)CN1Cc1ccc(C)cc1Cl. The van der Waals surface area contributed by atoms with Crippen molar-refractivity contribution in [2.45, 2.75) is 52.7 Å². The van der Waals surface area contributed by atoms with Gasteiger partial charge in [-0.2, -0.15) is 0 Å². The Hall–Kier alpha value is -0.570. The van der Waals surface area contributed by atoms with Gasteiger partial charge in [-0.3, -0.25) is 4.90 Å². The first-order valence-corrected chi connectivity index (χ1v) is 8.11. The van der Waals surface area contributed by atoms with Gasteiger partial charge in [0.15, 0.2) is 0 Å². The molecule has 1 aromatic rings. The fourth-order valence-electron chi connectivity index (χ4n) is 2.92. The van der Waals surface area contributed by atoms with Crippen LogP contribution in [0.15, 0.2) is 18.2 Å². The van der Waals surface area contributed by atoms with E-state index in [-0.39, 0.29) is 0 Å². The lowest BCUT2D eigenvalue weighted by Gasteiger charge is -2.41. The van der Waals surface area contributed by atoms with Crippen molar-refractivity contribution in [1.82, 2.24) is 10.2 Å². The van der Waals surface area contributed by atoms with Crippen molar-refractivity contribution < 1.29 is 0 Å².